The van der Waals surface area contributed by atoms with Gasteiger partial charge in [0.15, 0.2) is 28.6 Å². The summed E-state index contributed by atoms with van der Waals surface area (Å²) in [5.41, 5.74) is 0. The zero-order valence-electron chi connectivity index (χ0n) is 16.1. The fourth-order valence-corrected chi connectivity index (χ4v) is 3.42. The van der Waals surface area contributed by atoms with Crippen molar-refractivity contribution in [3.63, 3.8) is 0 Å². The molecule has 9 nitrogen and oxygen atoms in total. The minimum atomic E-state index is -0.503. The van der Waals surface area contributed by atoms with Gasteiger partial charge < -0.3 is 14.8 Å². The van der Waals surface area contributed by atoms with Crippen molar-refractivity contribution in [1.29, 1.82) is 0 Å². The van der Waals surface area contributed by atoms with Crippen LogP contribution in [0.4, 0.5) is 4.79 Å². The van der Waals surface area contributed by atoms with Gasteiger partial charge in [-0.1, -0.05) is 36.9 Å². The molecule has 0 bridgehead atoms. The summed E-state index contributed by atoms with van der Waals surface area (Å²) in [6, 6.07) is 6.92. The van der Waals surface area contributed by atoms with E-state index in [2.05, 4.69) is 27.4 Å². The molecule has 154 valence electrons. The topological polar surface area (TPSA) is 107 Å². The molecule has 2 N–H and O–H groups in total. The highest BCUT2D eigenvalue weighted by molar-refractivity contribution is 7.99. The number of hydrogen-bond acceptors (Lipinski definition) is 7. The number of para-hydroxylation sites is 2. The molecular weight excluding hydrogens is 394 g/mol. The van der Waals surface area contributed by atoms with E-state index in [4.69, 9.17) is 9.47 Å². The van der Waals surface area contributed by atoms with Gasteiger partial charge in [-0.2, -0.15) is 0 Å². The number of allylic oxidation sites excluding steroid dienone is 1. The van der Waals surface area contributed by atoms with Crippen LogP contribution in [0.5, 0.6) is 11.5 Å². The fraction of sp³-hybridized carbons (Fsp3) is 0.368. The molecule has 0 saturated heterocycles. The Kier molecular flexibility index (Phi) is 7.12. The van der Waals surface area contributed by atoms with E-state index >= 15 is 0 Å². The second-order valence-electron chi connectivity index (χ2n) is 6.20. The van der Waals surface area contributed by atoms with Crippen LogP contribution in [0.3, 0.4) is 0 Å². The van der Waals surface area contributed by atoms with E-state index in [1.165, 1.54) is 11.8 Å². The first kappa shape index (κ1) is 20.7. The highest BCUT2D eigenvalue weighted by Gasteiger charge is 2.28. The highest BCUT2D eigenvalue weighted by atomic mass is 32.2. The number of benzene rings is 1. The Balaban J connectivity index is 1.65. The fourth-order valence-electron chi connectivity index (χ4n) is 2.67. The molecule has 0 spiro atoms. The van der Waals surface area contributed by atoms with Crippen LogP contribution in [-0.4, -0.2) is 45.6 Å². The van der Waals surface area contributed by atoms with Crippen molar-refractivity contribution in [2.45, 2.75) is 31.1 Å². The molecule has 1 aromatic heterocycles. The van der Waals surface area contributed by atoms with Gasteiger partial charge >= 0.3 is 6.03 Å². The maximum Gasteiger partial charge on any atom is 0.321 e. The minimum absolute atomic E-state index is 0.0275. The Morgan fingerprint density at radius 1 is 1.34 bits per heavy atom. The number of carbonyl (C=O) groups excluding carboxylic acids is 2. The summed E-state index contributed by atoms with van der Waals surface area (Å²) in [6.07, 6.45) is 2.08. The summed E-state index contributed by atoms with van der Waals surface area (Å²) < 4.78 is 13.6. The standard InChI is InChI=1S/C19H23N5O4S/c1-3-9-20-18(26)21-16(25)12-29-19-23-22-17(24(19)10-4-2)15-11-27-13-7-5-6-8-14(13)28-15/h4-8,15H,2-3,9-12H2,1H3,(H2,20,21,25,26)/t15-/m0/s1. The largest absolute Gasteiger partial charge is 0.485 e. The summed E-state index contributed by atoms with van der Waals surface area (Å²) in [4.78, 5) is 23.6. The molecular formula is C19H23N5O4S. The molecule has 1 aliphatic heterocycles. The average Bonchev–Trinajstić information content (AvgIpc) is 3.13. The van der Waals surface area contributed by atoms with Gasteiger partial charge in [0.2, 0.25) is 5.91 Å². The second kappa shape index (κ2) is 9.97. The zero-order chi connectivity index (χ0) is 20.6. The number of aromatic nitrogens is 3. The monoisotopic (exact) mass is 417 g/mol. The zero-order valence-corrected chi connectivity index (χ0v) is 16.9. The first-order valence-electron chi connectivity index (χ1n) is 9.25. The third-order valence-corrected chi connectivity index (χ3v) is 4.94. The van der Waals surface area contributed by atoms with Crippen molar-refractivity contribution >= 4 is 23.7 Å². The van der Waals surface area contributed by atoms with Crippen LogP contribution in [0, 0.1) is 0 Å². The third-order valence-electron chi connectivity index (χ3n) is 3.97. The number of urea groups is 1. The lowest BCUT2D eigenvalue weighted by Gasteiger charge is -2.26. The third kappa shape index (κ3) is 5.29. The first-order chi connectivity index (χ1) is 14.1. The van der Waals surface area contributed by atoms with Crippen LogP contribution in [0.2, 0.25) is 0 Å². The molecule has 3 rings (SSSR count). The van der Waals surface area contributed by atoms with E-state index in [1.807, 2.05) is 35.8 Å². The van der Waals surface area contributed by atoms with E-state index in [0.29, 0.717) is 42.2 Å². The van der Waals surface area contributed by atoms with Crippen LogP contribution < -0.4 is 20.1 Å². The van der Waals surface area contributed by atoms with E-state index in [9.17, 15) is 9.59 Å². The maximum absolute atomic E-state index is 12.0. The highest BCUT2D eigenvalue weighted by Crippen LogP contribution is 2.36. The molecule has 3 amide bonds. The van der Waals surface area contributed by atoms with Gasteiger partial charge in [0.25, 0.3) is 0 Å². The Labute approximate surface area is 172 Å². The van der Waals surface area contributed by atoms with Crippen molar-refractivity contribution in [2.24, 2.45) is 0 Å². The lowest BCUT2D eigenvalue weighted by atomic mass is 10.2. The predicted molar refractivity (Wildman–Crippen MR) is 108 cm³/mol. The summed E-state index contributed by atoms with van der Waals surface area (Å²) in [5.74, 6) is 1.53. The van der Waals surface area contributed by atoms with Crippen molar-refractivity contribution < 1.29 is 19.1 Å². The molecule has 0 fully saturated rings. The molecule has 0 aliphatic carbocycles. The number of nitrogens with zero attached hydrogens (tertiary/aromatic N) is 3. The molecule has 1 aromatic carbocycles. The molecule has 2 aromatic rings. The Morgan fingerprint density at radius 2 is 2.14 bits per heavy atom. The van der Waals surface area contributed by atoms with Crippen molar-refractivity contribution in [2.75, 3.05) is 18.9 Å². The smallest absolute Gasteiger partial charge is 0.321 e. The van der Waals surface area contributed by atoms with Crippen LogP contribution in [0.25, 0.3) is 0 Å². The Hall–Kier alpha value is -3.01. The summed E-state index contributed by atoms with van der Waals surface area (Å²) in [5, 5.41) is 13.8. The van der Waals surface area contributed by atoms with Gasteiger partial charge in [0.05, 0.1) is 5.75 Å². The van der Waals surface area contributed by atoms with Crippen LogP contribution in [0.1, 0.15) is 25.3 Å². The number of carbonyl (C=O) groups is 2. The molecule has 2 heterocycles. The number of fused-ring (bicyclic) bond motifs is 1. The average molecular weight is 417 g/mol. The SMILES string of the molecule is C=CCn1c(SCC(=O)NC(=O)NCCC)nnc1[C@@H]1COc2ccccc2O1. The van der Waals surface area contributed by atoms with Crippen LogP contribution in [-0.2, 0) is 11.3 Å². The Bertz CT molecular complexity index is 885. The minimum Gasteiger partial charge on any atom is -0.485 e. The lowest BCUT2D eigenvalue weighted by Crippen LogP contribution is -2.40. The Morgan fingerprint density at radius 3 is 2.90 bits per heavy atom. The van der Waals surface area contributed by atoms with Gasteiger partial charge in [-0.25, -0.2) is 4.79 Å². The molecule has 0 unspecified atom stereocenters. The molecule has 1 aliphatic rings. The molecule has 29 heavy (non-hydrogen) atoms. The van der Waals surface area contributed by atoms with E-state index < -0.39 is 18.0 Å². The predicted octanol–water partition coefficient (Wildman–Crippen LogP) is 2.30. The lowest BCUT2D eigenvalue weighted by molar-refractivity contribution is -0.117. The number of imide groups is 1. The maximum atomic E-state index is 12.0. The summed E-state index contributed by atoms with van der Waals surface area (Å²) in [7, 11) is 0. The number of nitrogens with one attached hydrogen (secondary N) is 2. The van der Waals surface area contributed by atoms with Crippen LogP contribution in [0.15, 0.2) is 42.1 Å². The molecule has 0 saturated carbocycles. The number of amides is 3. The number of hydrogen-bond donors (Lipinski definition) is 2. The summed E-state index contributed by atoms with van der Waals surface area (Å²) >= 11 is 1.18. The van der Waals surface area contributed by atoms with Crippen molar-refractivity contribution in [3.05, 3.63) is 42.7 Å². The summed E-state index contributed by atoms with van der Waals surface area (Å²) in [6.45, 7) is 6.96. The van der Waals surface area contributed by atoms with E-state index in [0.717, 1.165) is 6.42 Å². The number of thioether (sulfide) groups is 1. The quantitative estimate of drug-likeness (QED) is 0.501. The first-order valence-corrected chi connectivity index (χ1v) is 10.2. The van der Waals surface area contributed by atoms with E-state index in [-0.39, 0.29) is 5.75 Å². The van der Waals surface area contributed by atoms with Gasteiger partial charge in [-0.05, 0) is 18.6 Å². The normalized spacial score (nSPS) is 14.9. The van der Waals surface area contributed by atoms with Crippen molar-refractivity contribution in [3.8, 4) is 11.5 Å². The van der Waals surface area contributed by atoms with Crippen molar-refractivity contribution in [1.82, 2.24) is 25.4 Å². The second-order valence-corrected chi connectivity index (χ2v) is 7.14. The number of ether oxygens (including phenoxy) is 2. The number of rotatable bonds is 8. The van der Waals surface area contributed by atoms with Gasteiger partial charge in [0, 0.05) is 13.1 Å². The van der Waals surface area contributed by atoms with Crippen LogP contribution >= 0.6 is 11.8 Å². The van der Waals surface area contributed by atoms with E-state index in [1.54, 1.807) is 6.08 Å². The van der Waals surface area contributed by atoms with Gasteiger partial charge in [-0.3, -0.25) is 14.7 Å². The van der Waals surface area contributed by atoms with Gasteiger partial charge in [-0.15, -0.1) is 16.8 Å². The molecule has 1 atom stereocenters. The molecule has 10 heteroatoms. The van der Waals surface area contributed by atoms with Gasteiger partial charge in [0.1, 0.15) is 6.61 Å². The molecule has 0 radical (unpaired) electrons.